The fourth-order valence-electron chi connectivity index (χ4n) is 8.64. The van der Waals surface area contributed by atoms with Crippen molar-refractivity contribution < 1.29 is 0 Å². The number of hydrogen-bond acceptors (Lipinski definition) is 2. The Labute approximate surface area is 365 Å². The second-order valence-corrected chi connectivity index (χ2v) is 14.6. The molecule has 0 saturated carbocycles. The van der Waals surface area contributed by atoms with E-state index in [1.807, 2.05) is 69.7 Å². The van der Waals surface area contributed by atoms with Gasteiger partial charge in [0.1, 0.15) is 0 Å². The van der Waals surface area contributed by atoms with Crippen molar-refractivity contribution in [1.29, 1.82) is 0 Å². The van der Waals surface area contributed by atoms with Gasteiger partial charge in [0.15, 0.2) is 0 Å². The number of aromatic nitrogens is 3. The summed E-state index contributed by atoms with van der Waals surface area (Å²) in [4.78, 5) is 8.66. The molecule has 0 radical (unpaired) electrons. The van der Waals surface area contributed by atoms with E-state index in [1.54, 1.807) is 13.1 Å². The van der Waals surface area contributed by atoms with Crippen molar-refractivity contribution in [3.8, 4) is 67.3 Å². The number of aliphatic imine (C=N–C) groups is 1. The number of rotatable bonds is 7. The molecule has 9 aromatic rings. The van der Waals surface area contributed by atoms with Gasteiger partial charge in [-0.05, 0) is 82.8 Å². The van der Waals surface area contributed by atoms with Crippen molar-refractivity contribution in [3.63, 3.8) is 0 Å². The van der Waals surface area contributed by atoms with Crippen molar-refractivity contribution in [1.82, 2.24) is 14.1 Å². The largest absolute Gasteiger partial charge is 0.309 e. The molecule has 0 fully saturated rings. The number of para-hydroxylation sites is 2. The first-order valence-corrected chi connectivity index (χ1v) is 21.2. The van der Waals surface area contributed by atoms with Crippen LogP contribution < -0.4 is 0 Å². The zero-order valence-electron chi connectivity index (χ0n) is 35.8. The average molecular weight is 803 g/mol. The predicted molar refractivity (Wildman–Crippen MR) is 268 cm³/mol. The molecular weight excluding hydrogens is 753 g/mol. The van der Waals surface area contributed by atoms with Crippen LogP contribution in [0, 0.1) is 0 Å². The highest BCUT2D eigenvalue weighted by Crippen LogP contribution is 2.54. The molecule has 0 spiro atoms. The van der Waals surface area contributed by atoms with E-state index in [2.05, 4.69) is 184 Å². The van der Waals surface area contributed by atoms with Crippen LogP contribution in [0.3, 0.4) is 0 Å². The number of benzene rings is 6. The van der Waals surface area contributed by atoms with E-state index in [1.165, 1.54) is 61.1 Å². The van der Waals surface area contributed by atoms with Crippen LogP contribution in [0.4, 0.5) is 0 Å². The van der Waals surface area contributed by atoms with E-state index in [9.17, 15) is 0 Å². The molecule has 4 nitrogen and oxygen atoms in total. The lowest BCUT2D eigenvalue weighted by Crippen LogP contribution is -2.03. The minimum absolute atomic E-state index is 1.02. The van der Waals surface area contributed by atoms with Gasteiger partial charge in [-0.2, -0.15) is 0 Å². The summed E-state index contributed by atoms with van der Waals surface area (Å²) in [6.07, 6.45) is 15.0. The zero-order valence-corrected chi connectivity index (χ0v) is 35.8. The second kappa shape index (κ2) is 18.6. The summed E-state index contributed by atoms with van der Waals surface area (Å²) in [6.45, 7) is 13.4. The quantitative estimate of drug-likeness (QED) is 0.117. The lowest BCUT2D eigenvalue weighted by atomic mass is 9.84. The van der Waals surface area contributed by atoms with Crippen LogP contribution in [0.2, 0.25) is 0 Å². The van der Waals surface area contributed by atoms with Crippen molar-refractivity contribution in [2.24, 2.45) is 4.99 Å². The van der Waals surface area contributed by atoms with Crippen molar-refractivity contribution in [3.05, 3.63) is 219 Å². The minimum Gasteiger partial charge on any atom is -0.309 e. The molecule has 0 N–H and O–H groups in total. The van der Waals surface area contributed by atoms with E-state index in [0.717, 1.165) is 39.2 Å². The maximum atomic E-state index is 4.37. The van der Waals surface area contributed by atoms with Gasteiger partial charge >= 0.3 is 0 Å². The molecule has 0 bridgehead atoms. The summed E-state index contributed by atoms with van der Waals surface area (Å²) in [5.74, 6) is 0. The molecule has 0 atom stereocenters. The van der Waals surface area contributed by atoms with Gasteiger partial charge in [-0.1, -0.05) is 173 Å². The maximum absolute atomic E-state index is 4.37. The Kier molecular flexibility index (Phi) is 12.3. The van der Waals surface area contributed by atoms with Gasteiger partial charge in [0.2, 0.25) is 0 Å². The third kappa shape index (κ3) is 7.37. The monoisotopic (exact) mass is 802 g/mol. The normalized spacial score (nSPS) is 11.6. The van der Waals surface area contributed by atoms with Gasteiger partial charge < -0.3 is 9.13 Å². The molecular formula is C58H50N4. The third-order valence-corrected chi connectivity index (χ3v) is 11.1. The molecule has 0 amide bonds. The van der Waals surface area contributed by atoms with E-state index >= 15 is 0 Å². The van der Waals surface area contributed by atoms with Crippen LogP contribution in [0.15, 0.2) is 219 Å². The Morgan fingerprint density at radius 2 is 1.05 bits per heavy atom. The topological polar surface area (TPSA) is 35.1 Å². The Balaban J connectivity index is 0.000000708. The van der Waals surface area contributed by atoms with E-state index < -0.39 is 0 Å². The summed E-state index contributed by atoms with van der Waals surface area (Å²) in [6, 6.07) is 57.4. The highest BCUT2D eigenvalue weighted by molar-refractivity contribution is 6.17. The molecule has 62 heavy (non-hydrogen) atoms. The molecule has 0 saturated heterocycles. The van der Waals surface area contributed by atoms with Gasteiger partial charge in [-0.25, -0.2) is 0 Å². The van der Waals surface area contributed by atoms with Crippen molar-refractivity contribution in [2.75, 3.05) is 7.05 Å². The Bertz CT molecular complexity index is 3110. The van der Waals surface area contributed by atoms with Crippen molar-refractivity contribution >= 4 is 33.6 Å². The number of hydrogen-bond donors (Lipinski definition) is 0. The van der Waals surface area contributed by atoms with Crippen LogP contribution >= 0.6 is 0 Å². The lowest BCUT2D eigenvalue weighted by Gasteiger charge is -2.23. The predicted octanol–water partition coefficient (Wildman–Crippen LogP) is 15.7. The second-order valence-electron chi connectivity index (χ2n) is 14.6. The maximum Gasteiger partial charge on any atom is 0.0625 e. The van der Waals surface area contributed by atoms with Crippen LogP contribution in [-0.2, 0) is 0 Å². The van der Waals surface area contributed by atoms with Gasteiger partial charge in [0.25, 0.3) is 0 Å². The smallest absolute Gasteiger partial charge is 0.0625 e. The first-order valence-electron chi connectivity index (χ1n) is 21.2. The molecule has 3 heterocycles. The van der Waals surface area contributed by atoms with Crippen LogP contribution in [0.25, 0.3) is 94.6 Å². The summed E-state index contributed by atoms with van der Waals surface area (Å²) in [5.41, 5.74) is 18.5. The Morgan fingerprint density at radius 1 is 0.548 bits per heavy atom. The molecule has 0 aliphatic heterocycles. The van der Waals surface area contributed by atoms with E-state index in [0.29, 0.717) is 0 Å². The van der Waals surface area contributed by atoms with Crippen LogP contribution in [-0.4, -0.2) is 27.4 Å². The number of fused-ring (bicyclic) bond motifs is 12. The first-order chi connectivity index (χ1) is 30.7. The van der Waals surface area contributed by atoms with Crippen molar-refractivity contribution in [2.45, 2.75) is 20.8 Å². The standard InChI is InChI=1S/C51H36N4.C5H8.C2H6/c1-3-13-36(32-52-2)34-23-27-38(28-24-34)54-46-21-10-8-19-44(46)48-41-16-5-7-18-43(41)51-49(40-15-4-6-17-42(40)50(48)54)45-20-9-11-22-47(45)55(51)39-29-25-35(26-30-39)37-14-12-31-53-33-37;1-3-5-4-2;1-2/h3-33H,1H2,2H3;3-5H,1H2,2H3;1-2H3/b36-13+,48-41?,49-40?,50-42?,51-43?,52-32?;5-4-;. The molecule has 0 unspecified atom stereocenters. The number of allylic oxidation sites excluding steroid dienone is 6. The number of nitrogens with zero attached hydrogens (tertiary/aromatic N) is 4. The number of pyridine rings is 1. The summed E-state index contributed by atoms with van der Waals surface area (Å²) < 4.78 is 4.92. The molecule has 1 aliphatic carbocycles. The van der Waals surface area contributed by atoms with Gasteiger partial charge in [-0.15, -0.1) is 0 Å². The Morgan fingerprint density at radius 3 is 1.50 bits per heavy atom. The SMILES string of the molecule is C=C/C=C(\C=NC)c1ccc(-n2c3c(c4ccccc42)-c2ccccc2-c2c(c4ccccc4n2-c2ccc(-c4cccnc4)cc2)-c2ccccc2-3)cc1.C=C/C=C\C.CC. The lowest BCUT2D eigenvalue weighted by molar-refractivity contribution is 1.13. The highest BCUT2D eigenvalue weighted by Gasteiger charge is 2.32. The first kappa shape index (κ1) is 40.9. The van der Waals surface area contributed by atoms with Gasteiger partial charge in [-0.3, -0.25) is 9.98 Å². The fraction of sp³-hybridized carbons (Fsp3) is 0.0690. The highest BCUT2D eigenvalue weighted by atomic mass is 15.0. The summed E-state index contributed by atoms with van der Waals surface area (Å²) in [7, 11) is 1.80. The summed E-state index contributed by atoms with van der Waals surface area (Å²) >= 11 is 0. The molecule has 6 aromatic carbocycles. The van der Waals surface area contributed by atoms with Gasteiger partial charge in [0, 0.05) is 70.1 Å². The average Bonchev–Trinajstić information content (AvgIpc) is 3.86. The zero-order chi connectivity index (χ0) is 43.0. The molecule has 302 valence electrons. The molecule has 4 heteroatoms. The Hall–Kier alpha value is -7.82. The van der Waals surface area contributed by atoms with Gasteiger partial charge in [0.05, 0.1) is 22.4 Å². The van der Waals surface area contributed by atoms with E-state index in [-0.39, 0.29) is 0 Å². The molecule has 3 aromatic heterocycles. The van der Waals surface area contributed by atoms with Crippen LogP contribution in [0.1, 0.15) is 26.3 Å². The fourth-order valence-corrected chi connectivity index (χ4v) is 8.64. The minimum atomic E-state index is 1.02. The molecule has 10 rings (SSSR count). The third-order valence-electron chi connectivity index (χ3n) is 11.1. The van der Waals surface area contributed by atoms with Crippen LogP contribution in [0.5, 0.6) is 0 Å². The molecule has 1 aliphatic rings. The van der Waals surface area contributed by atoms with E-state index in [4.69, 9.17) is 0 Å². The summed E-state index contributed by atoms with van der Waals surface area (Å²) in [5, 5.41) is 2.42.